The highest BCUT2D eigenvalue weighted by Gasteiger charge is 2.16. The predicted molar refractivity (Wildman–Crippen MR) is 55.5 cm³/mol. The highest BCUT2D eigenvalue weighted by molar-refractivity contribution is 7.92. The molecule has 0 aliphatic rings. The van der Waals surface area contributed by atoms with Crippen LogP contribution in [0.15, 0.2) is 24.5 Å². The Morgan fingerprint density at radius 2 is 2.29 bits per heavy atom. The van der Waals surface area contributed by atoms with Crippen molar-refractivity contribution in [2.75, 3.05) is 23.7 Å². The summed E-state index contributed by atoms with van der Waals surface area (Å²) in [6, 6.07) is 3.37. The maximum Gasteiger partial charge on any atom is 0.236 e. The Hall–Kier alpha value is -1.14. The summed E-state index contributed by atoms with van der Waals surface area (Å²) in [5, 5.41) is 0. The van der Waals surface area contributed by atoms with E-state index in [9.17, 15) is 8.42 Å². The Balaban J connectivity index is 2.91. The fourth-order valence-corrected chi connectivity index (χ4v) is 1.99. The Bertz CT molecular complexity index is 377. The monoisotopic (exact) mass is 215 g/mol. The van der Waals surface area contributed by atoms with Crippen LogP contribution in [0.4, 0.5) is 5.69 Å². The van der Waals surface area contributed by atoms with E-state index in [1.807, 2.05) is 0 Å². The van der Waals surface area contributed by atoms with Crippen molar-refractivity contribution in [3.63, 3.8) is 0 Å². The highest BCUT2D eigenvalue weighted by Crippen LogP contribution is 2.13. The van der Waals surface area contributed by atoms with E-state index in [0.29, 0.717) is 5.69 Å². The number of anilines is 1. The van der Waals surface area contributed by atoms with Gasteiger partial charge in [0.05, 0.1) is 17.6 Å². The van der Waals surface area contributed by atoms with Gasteiger partial charge in [-0.2, -0.15) is 0 Å². The van der Waals surface area contributed by atoms with E-state index in [1.54, 1.807) is 18.3 Å². The number of aromatic nitrogens is 1. The van der Waals surface area contributed by atoms with Gasteiger partial charge in [0.25, 0.3) is 0 Å². The van der Waals surface area contributed by atoms with Crippen LogP contribution in [0, 0.1) is 0 Å². The van der Waals surface area contributed by atoms with Crippen molar-refractivity contribution in [1.29, 1.82) is 0 Å². The summed E-state index contributed by atoms with van der Waals surface area (Å²) in [6.07, 6.45) is 3.08. The molecule has 78 valence electrons. The molecule has 1 rings (SSSR count). The van der Waals surface area contributed by atoms with Gasteiger partial charge in [-0.15, -0.1) is 0 Å². The number of nitrogens with two attached hydrogens (primary N) is 1. The second-order valence-electron chi connectivity index (χ2n) is 2.78. The molecule has 0 atom stereocenters. The van der Waals surface area contributed by atoms with E-state index in [2.05, 4.69) is 4.98 Å². The molecule has 0 saturated carbocycles. The van der Waals surface area contributed by atoms with Gasteiger partial charge in [0.1, 0.15) is 0 Å². The van der Waals surface area contributed by atoms with Crippen LogP contribution in [0.3, 0.4) is 0 Å². The number of sulfonamides is 1. The quantitative estimate of drug-likeness (QED) is 0.755. The zero-order valence-electron chi connectivity index (χ0n) is 7.92. The zero-order chi connectivity index (χ0) is 10.6. The Kier molecular flexibility index (Phi) is 3.43. The van der Waals surface area contributed by atoms with E-state index in [-0.39, 0.29) is 12.3 Å². The maximum atomic E-state index is 11.5. The smallest absolute Gasteiger partial charge is 0.236 e. The molecule has 0 amide bonds. The van der Waals surface area contributed by atoms with Gasteiger partial charge in [0.2, 0.25) is 10.0 Å². The molecule has 0 bridgehead atoms. The number of nitrogens with zero attached hydrogens (tertiary/aromatic N) is 2. The van der Waals surface area contributed by atoms with Crippen molar-refractivity contribution in [3.05, 3.63) is 24.5 Å². The summed E-state index contributed by atoms with van der Waals surface area (Å²) < 4.78 is 24.3. The van der Waals surface area contributed by atoms with Crippen LogP contribution in [-0.4, -0.2) is 32.7 Å². The van der Waals surface area contributed by atoms with Gasteiger partial charge >= 0.3 is 0 Å². The van der Waals surface area contributed by atoms with Gasteiger partial charge in [-0.1, -0.05) is 0 Å². The second kappa shape index (κ2) is 4.39. The first-order chi connectivity index (χ1) is 6.58. The van der Waals surface area contributed by atoms with Crippen molar-refractivity contribution >= 4 is 15.7 Å². The molecule has 0 aromatic carbocycles. The molecule has 1 heterocycles. The van der Waals surface area contributed by atoms with Crippen molar-refractivity contribution in [1.82, 2.24) is 4.98 Å². The first-order valence-corrected chi connectivity index (χ1v) is 5.75. The Morgan fingerprint density at radius 1 is 1.57 bits per heavy atom. The second-order valence-corrected chi connectivity index (χ2v) is 4.90. The van der Waals surface area contributed by atoms with Gasteiger partial charge in [0, 0.05) is 19.8 Å². The molecule has 0 unspecified atom stereocenters. The molecule has 0 fully saturated rings. The van der Waals surface area contributed by atoms with E-state index < -0.39 is 10.0 Å². The van der Waals surface area contributed by atoms with Crippen LogP contribution in [0.1, 0.15) is 0 Å². The fourth-order valence-electron chi connectivity index (χ4n) is 0.986. The first-order valence-electron chi connectivity index (χ1n) is 4.14. The molecule has 0 aliphatic heterocycles. The van der Waals surface area contributed by atoms with E-state index >= 15 is 0 Å². The third-order valence-electron chi connectivity index (χ3n) is 1.80. The molecule has 0 spiro atoms. The van der Waals surface area contributed by atoms with E-state index in [4.69, 9.17) is 5.73 Å². The minimum absolute atomic E-state index is 0.0571. The number of hydrogen-bond donors (Lipinski definition) is 1. The summed E-state index contributed by atoms with van der Waals surface area (Å²) in [4.78, 5) is 3.84. The van der Waals surface area contributed by atoms with Gasteiger partial charge in [-0.3, -0.25) is 9.29 Å². The third-order valence-corrected chi connectivity index (χ3v) is 3.60. The Morgan fingerprint density at radius 3 is 2.79 bits per heavy atom. The topological polar surface area (TPSA) is 76.3 Å². The molecule has 2 N–H and O–H groups in total. The minimum Gasteiger partial charge on any atom is -0.329 e. The summed E-state index contributed by atoms with van der Waals surface area (Å²) in [7, 11) is -1.81. The summed E-state index contributed by atoms with van der Waals surface area (Å²) in [5.41, 5.74) is 5.75. The lowest BCUT2D eigenvalue weighted by atomic mass is 10.4. The van der Waals surface area contributed by atoms with Gasteiger partial charge in [0.15, 0.2) is 0 Å². The van der Waals surface area contributed by atoms with Gasteiger partial charge in [-0.25, -0.2) is 8.42 Å². The molecule has 14 heavy (non-hydrogen) atoms. The van der Waals surface area contributed by atoms with Crippen molar-refractivity contribution in [2.45, 2.75) is 0 Å². The van der Waals surface area contributed by atoms with Crippen LogP contribution in [0.2, 0.25) is 0 Å². The number of pyridine rings is 1. The molecule has 0 radical (unpaired) electrons. The van der Waals surface area contributed by atoms with Crippen molar-refractivity contribution in [2.24, 2.45) is 5.73 Å². The van der Waals surface area contributed by atoms with Crippen LogP contribution in [-0.2, 0) is 10.0 Å². The lowest BCUT2D eigenvalue weighted by Gasteiger charge is -2.18. The minimum atomic E-state index is -3.30. The average Bonchev–Trinajstić information content (AvgIpc) is 2.18. The summed E-state index contributed by atoms with van der Waals surface area (Å²) >= 11 is 0. The molecule has 1 aromatic rings. The molecular weight excluding hydrogens is 202 g/mol. The molecule has 6 heteroatoms. The predicted octanol–water partition coefficient (Wildman–Crippen LogP) is -0.194. The lowest BCUT2D eigenvalue weighted by Crippen LogP contribution is -2.31. The highest BCUT2D eigenvalue weighted by atomic mass is 32.2. The van der Waals surface area contributed by atoms with Gasteiger partial charge < -0.3 is 5.73 Å². The number of rotatable bonds is 4. The first kappa shape index (κ1) is 10.9. The van der Waals surface area contributed by atoms with Crippen molar-refractivity contribution < 1.29 is 8.42 Å². The van der Waals surface area contributed by atoms with Crippen LogP contribution in [0.5, 0.6) is 0 Å². The summed E-state index contributed by atoms with van der Waals surface area (Å²) in [5.74, 6) is -0.0571. The molecule has 0 saturated heterocycles. The lowest BCUT2D eigenvalue weighted by molar-refractivity contribution is 0.594. The maximum absolute atomic E-state index is 11.5. The largest absolute Gasteiger partial charge is 0.329 e. The number of hydrogen-bond acceptors (Lipinski definition) is 4. The van der Waals surface area contributed by atoms with Crippen LogP contribution < -0.4 is 10.0 Å². The molecular formula is C8H13N3O2S. The average molecular weight is 215 g/mol. The zero-order valence-corrected chi connectivity index (χ0v) is 8.74. The van der Waals surface area contributed by atoms with Crippen LogP contribution >= 0.6 is 0 Å². The standard InChI is InChI=1S/C8H13N3O2S/c1-11(14(12,13)6-4-9)8-3-2-5-10-7-8/h2-3,5,7H,4,6,9H2,1H3. The van der Waals surface area contributed by atoms with E-state index in [1.165, 1.54) is 17.5 Å². The molecule has 1 aromatic heterocycles. The SMILES string of the molecule is CN(c1cccnc1)S(=O)(=O)CCN. The Labute approximate surface area is 83.6 Å². The normalized spacial score (nSPS) is 11.3. The fraction of sp³-hybridized carbons (Fsp3) is 0.375. The van der Waals surface area contributed by atoms with Gasteiger partial charge in [-0.05, 0) is 12.1 Å². The summed E-state index contributed by atoms with van der Waals surface area (Å²) in [6.45, 7) is 0.118. The van der Waals surface area contributed by atoms with Crippen molar-refractivity contribution in [3.8, 4) is 0 Å². The van der Waals surface area contributed by atoms with E-state index in [0.717, 1.165) is 0 Å². The third kappa shape index (κ3) is 2.43. The molecule has 0 aliphatic carbocycles. The van der Waals surface area contributed by atoms with Crippen LogP contribution in [0.25, 0.3) is 0 Å². The molecule has 5 nitrogen and oxygen atoms in total.